The second kappa shape index (κ2) is 9.70. The van der Waals surface area contributed by atoms with Gasteiger partial charge in [0.15, 0.2) is 0 Å². The molecule has 1 rings (SSSR count). The Morgan fingerprint density at radius 1 is 1.05 bits per heavy atom. The van der Waals surface area contributed by atoms with Crippen molar-refractivity contribution in [2.45, 2.75) is 84.0 Å². The predicted molar refractivity (Wildman–Crippen MR) is 96.0 cm³/mol. The maximum Gasteiger partial charge on any atom is 0.309 e. The second-order valence-electron chi connectivity index (χ2n) is 6.14. The van der Waals surface area contributed by atoms with E-state index in [4.69, 9.17) is 9.15 Å². The van der Waals surface area contributed by atoms with Crippen molar-refractivity contribution in [3.63, 3.8) is 0 Å². The topological polar surface area (TPSA) is 35.3 Å². The maximum absolute atomic E-state index is 5.59. The maximum atomic E-state index is 5.59. The van der Waals surface area contributed by atoms with Gasteiger partial charge in [0.05, 0.1) is 7.11 Å². The average molecular weight is 407 g/mol. The van der Waals surface area contributed by atoms with Gasteiger partial charge in [-0.2, -0.15) is 0 Å². The van der Waals surface area contributed by atoms with Crippen LogP contribution in [0.15, 0.2) is 4.42 Å². The van der Waals surface area contributed by atoms with Crippen LogP contribution in [0.3, 0.4) is 0 Å². The predicted octanol–water partition coefficient (Wildman–Crippen LogP) is 6.10. The van der Waals surface area contributed by atoms with Crippen LogP contribution in [-0.4, -0.2) is 12.1 Å². The van der Waals surface area contributed by atoms with E-state index in [-0.39, 0.29) is 5.41 Å². The number of ether oxygens (including phenoxy) is 1. The van der Waals surface area contributed by atoms with Crippen LogP contribution in [0.2, 0.25) is 0 Å². The van der Waals surface area contributed by atoms with E-state index in [9.17, 15) is 0 Å². The summed E-state index contributed by atoms with van der Waals surface area (Å²) in [5.41, 5.74) is 1.08. The zero-order valence-electron chi connectivity index (χ0n) is 14.0. The highest BCUT2D eigenvalue weighted by atomic mass is 127. The first-order valence-electron chi connectivity index (χ1n) is 8.28. The van der Waals surface area contributed by atoms with Crippen LogP contribution in [0.25, 0.3) is 0 Å². The number of aromatic nitrogens is 1. The van der Waals surface area contributed by atoms with Crippen molar-refractivity contribution in [3.8, 4) is 5.95 Å². The monoisotopic (exact) mass is 407 g/mol. The normalized spacial score (nSPS) is 14.1. The van der Waals surface area contributed by atoms with Crippen molar-refractivity contribution in [2.24, 2.45) is 0 Å². The Balaban J connectivity index is 2.76. The molecule has 0 radical (unpaired) electrons. The molecule has 0 N–H and O–H groups in total. The molecule has 1 heterocycles. The van der Waals surface area contributed by atoms with E-state index in [1.165, 1.54) is 44.9 Å². The van der Waals surface area contributed by atoms with E-state index in [2.05, 4.69) is 48.3 Å². The van der Waals surface area contributed by atoms with Crippen LogP contribution in [0.4, 0.5) is 0 Å². The molecule has 0 fully saturated rings. The summed E-state index contributed by atoms with van der Waals surface area (Å²) >= 11 is 2.13. The molecule has 0 amide bonds. The fourth-order valence-electron chi connectivity index (χ4n) is 2.85. The smallest absolute Gasteiger partial charge is 0.309 e. The minimum absolute atomic E-state index is 0.0699. The zero-order valence-corrected chi connectivity index (χ0v) is 16.2. The summed E-state index contributed by atoms with van der Waals surface area (Å²) in [5, 5.41) is 0. The Labute approximate surface area is 143 Å². The molecular weight excluding hydrogens is 377 g/mol. The molecular formula is C17H30INO2. The van der Waals surface area contributed by atoms with Crippen LogP contribution in [0.5, 0.6) is 5.95 Å². The van der Waals surface area contributed by atoms with E-state index in [1.54, 1.807) is 7.11 Å². The molecule has 1 unspecified atom stereocenters. The summed E-state index contributed by atoms with van der Waals surface area (Å²) in [5.74, 6) is 0.603. The first kappa shape index (κ1) is 18.8. The van der Waals surface area contributed by atoms with Crippen molar-refractivity contribution < 1.29 is 9.15 Å². The molecule has 21 heavy (non-hydrogen) atoms. The number of nitrogens with zero attached hydrogens (tertiary/aromatic N) is 1. The third-order valence-electron chi connectivity index (χ3n) is 4.24. The SMILES string of the molecule is CCCCCCCC(C)(CCCC)c1nc(I)oc1OC. The summed E-state index contributed by atoms with van der Waals surface area (Å²) in [6.07, 6.45) is 11.3. The molecule has 1 atom stereocenters. The molecule has 0 aliphatic carbocycles. The van der Waals surface area contributed by atoms with Crippen LogP contribution in [0, 0.1) is 3.90 Å². The summed E-state index contributed by atoms with van der Waals surface area (Å²) in [6.45, 7) is 6.82. The molecule has 0 aliphatic heterocycles. The van der Waals surface area contributed by atoms with Gasteiger partial charge in [-0.25, -0.2) is 4.98 Å². The number of halogens is 1. The van der Waals surface area contributed by atoms with Crippen molar-refractivity contribution in [1.29, 1.82) is 0 Å². The number of unbranched alkanes of at least 4 members (excludes halogenated alkanes) is 5. The first-order chi connectivity index (χ1) is 10.1. The van der Waals surface area contributed by atoms with Crippen molar-refractivity contribution in [2.75, 3.05) is 7.11 Å². The van der Waals surface area contributed by atoms with E-state index < -0.39 is 0 Å². The van der Waals surface area contributed by atoms with Gasteiger partial charge in [0.1, 0.15) is 5.69 Å². The van der Waals surface area contributed by atoms with Crippen molar-refractivity contribution in [1.82, 2.24) is 4.98 Å². The van der Waals surface area contributed by atoms with Gasteiger partial charge in [-0.3, -0.25) is 0 Å². The van der Waals surface area contributed by atoms with Crippen LogP contribution >= 0.6 is 22.6 Å². The summed E-state index contributed by atoms with van der Waals surface area (Å²) in [6, 6.07) is 0. The van der Waals surface area contributed by atoms with Gasteiger partial charge in [-0.15, -0.1) is 0 Å². The lowest BCUT2D eigenvalue weighted by atomic mass is 9.77. The van der Waals surface area contributed by atoms with Crippen LogP contribution < -0.4 is 4.74 Å². The molecule has 1 aromatic rings. The Bertz CT molecular complexity index is 405. The van der Waals surface area contributed by atoms with Crippen molar-refractivity contribution >= 4 is 22.6 Å². The average Bonchev–Trinajstić information content (AvgIpc) is 2.87. The molecule has 0 spiro atoms. The quantitative estimate of drug-likeness (QED) is 0.329. The third-order valence-corrected chi connectivity index (χ3v) is 4.70. The fraction of sp³-hybridized carbons (Fsp3) is 0.824. The Kier molecular flexibility index (Phi) is 8.67. The second-order valence-corrected chi connectivity index (χ2v) is 7.06. The van der Waals surface area contributed by atoms with Gasteiger partial charge < -0.3 is 9.15 Å². The van der Waals surface area contributed by atoms with Gasteiger partial charge in [0, 0.05) is 28.0 Å². The highest BCUT2D eigenvalue weighted by Gasteiger charge is 2.33. The summed E-state index contributed by atoms with van der Waals surface area (Å²) < 4.78 is 11.7. The number of rotatable bonds is 11. The highest BCUT2D eigenvalue weighted by molar-refractivity contribution is 14.1. The van der Waals surface area contributed by atoms with E-state index in [0.29, 0.717) is 9.84 Å². The van der Waals surface area contributed by atoms with E-state index in [0.717, 1.165) is 18.5 Å². The Morgan fingerprint density at radius 2 is 1.67 bits per heavy atom. The lowest BCUT2D eigenvalue weighted by Crippen LogP contribution is -2.23. The standard InChI is InChI=1S/C17H30INO2/c1-5-7-9-10-11-13-17(3,12-8-6-2)14-15(20-4)21-16(18)19-14/h5-13H2,1-4H3. The van der Waals surface area contributed by atoms with E-state index >= 15 is 0 Å². The van der Waals surface area contributed by atoms with Crippen LogP contribution in [-0.2, 0) is 5.41 Å². The first-order valence-corrected chi connectivity index (χ1v) is 9.36. The van der Waals surface area contributed by atoms with Crippen molar-refractivity contribution in [3.05, 3.63) is 9.59 Å². The van der Waals surface area contributed by atoms with Gasteiger partial charge >= 0.3 is 5.95 Å². The molecule has 0 aliphatic rings. The largest absolute Gasteiger partial charge is 0.467 e. The lowest BCUT2D eigenvalue weighted by molar-refractivity contribution is 0.275. The number of methoxy groups -OCH3 is 1. The molecule has 0 saturated carbocycles. The minimum atomic E-state index is 0.0699. The number of hydrogen-bond acceptors (Lipinski definition) is 3. The lowest BCUT2D eigenvalue weighted by Gasteiger charge is -2.28. The summed E-state index contributed by atoms with van der Waals surface area (Å²) in [4.78, 5) is 4.62. The zero-order chi connectivity index (χ0) is 15.7. The fourth-order valence-corrected chi connectivity index (χ4v) is 3.29. The third kappa shape index (κ3) is 5.80. The number of oxazole rings is 1. The molecule has 1 aromatic heterocycles. The molecule has 3 nitrogen and oxygen atoms in total. The molecule has 4 heteroatoms. The summed E-state index contributed by atoms with van der Waals surface area (Å²) in [7, 11) is 1.67. The Hall–Kier alpha value is -0.260. The number of hydrogen-bond donors (Lipinski definition) is 0. The van der Waals surface area contributed by atoms with E-state index in [1.807, 2.05) is 0 Å². The van der Waals surface area contributed by atoms with Gasteiger partial charge in [0.25, 0.3) is 3.90 Å². The minimum Gasteiger partial charge on any atom is -0.467 e. The molecule has 0 bridgehead atoms. The molecule has 0 aromatic carbocycles. The molecule has 122 valence electrons. The van der Waals surface area contributed by atoms with Crippen LogP contribution in [0.1, 0.15) is 84.3 Å². The molecule has 0 saturated heterocycles. The van der Waals surface area contributed by atoms with Gasteiger partial charge in [-0.1, -0.05) is 65.7 Å². The van der Waals surface area contributed by atoms with Gasteiger partial charge in [-0.05, 0) is 12.8 Å². The Morgan fingerprint density at radius 3 is 2.29 bits per heavy atom. The van der Waals surface area contributed by atoms with Gasteiger partial charge in [0.2, 0.25) is 0 Å². The highest BCUT2D eigenvalue weighted by Crippen LogP contribution is 2.40.